The summed E-state index contributed by atoms with van der Waals surface area (Å²) in [6.45, 7) is 2.09. The van der Waals surface area contributed by atoms with Gasteiger partial charge in [-0.15, -0.1) is 0 Å². The van der Waals surface area contributed by atoms with E-state index in [0.29, 0.717) is 16.6 Å². The second-order valence-corrected chi connectivity index (χ2v) is 6.49. The monoisotopic (exact) mass is 409 g/mol. The zero-order valence-corrected chi connectivity index (χ0v) is 16.3. The van der Waals surface area contributed by atoms with Gasteiger partial charge in [0.15, 0.2) is 0 Å². The van der Waals surface area contributed by atoms with Crippen molar-refractivity contribution in [1.29, 1.82) is 5.26 Å². The lowest BCUT2D eigenvalue weighted by molar-refractivity contribution is -0.121. The van der Waals surface area contributed by atoms with Crippen LogP contribution < -0.4 is 21.9 Å². The van der Waals surface area contributed by atoms with Crippen molar-refractivity contribution in [2.24, 2.45) is 0 Å². The minimum Gasteiger partial charge on any atom is -0.382 e. The molecule has 1 aromatic heterocycles. The van der Waals surface area contributed by atoms with E-state index in [2.05, 4.69) is 10.6 Å². The molecular formula is C21H20FN5O3. The quantitative estimate of drug-likeness (QED) is 0.574. The summed E-state index contributed by atoms with van der Waals surface area (Å²) < 4.78 is 16.0. The van der Waals surface area contributed by atoms with Crippen LogP contribution in [0.15, 0.2) is 52.1 Å². The number of aromatic nitrogens is 2. The standard InChI is InChI=1S/C21H20FN5O3/c1-2-26-20(29)14-6-3-4-9-18(14)27(21(26)30)13-19(28)25-11-10-24-17-8-5-7-16(22)15(17)12-23/h3-9,24H,2,10-11,13H2,1H3,(H,25,28). The molecule has 0 aliphatic heterocycles. The molecule has 8 nitrogen and oxygen atoms in total. The highest BCUT2D eigenvalue weighted by Crippen LogP contribution is 2.17. The smallest absolute Gasteiger partial charge is 0.331 e. The lowest BCUT2D eigenvalue weighted by Crippen LogP contribution is -2.42. The second-order valence-electron chi connectivity index (χ2n) is 6.49. The summed E-state index contributed by atoms with van der Waals surface area (Å²) in [5.41, 5.74) is -0.299. The normalized spacial score (nSPS) is 10.6. The van der Waals surface area contributed by atoms with Crippen LogP contribution in [0.4, 0.5) is 10.1 Å². The molecule has 0 bridgehead atoms. The van der Waals surface area contributed by atoms with E-state index in [1.165, 1.54) is 16.7 Å². The highest BCUT2D eigenvalue weighted by Gasteiger charge is 2.14. The average molecular weight is 409 g/mol. The molecule has 9 heteroatoms. The lowest BCUT2D eigenvalue weighted by Gasteiger charge is -2.13. The summed E-state index contributed by atoms with van der Waals surface area (Å²) in [5, 5.41) is 15.0. The van der Waals surface area contributed by atoms with Gasteiger partial charge in [-0.2, -0.15) is 5.26 Å². The summed E-state index contributed by atoms with van der Waals surface area (Å²) >= 11 is 0. The molecule has 0 unspecified atom stereocenters. The number of nitrogens with one attached hydrogen (secondary N) is 2. The molecule has 0 aliphatic carbocycles. The van der Waals surface area contributed by atoms with Gasteiger partial charge in [-0.1, -0.05) is 18.2 Å². The van der Waals surface area contributed by atoms with Gasteiger partial charge >= 0.3 is 5.69 Å². The van der Waals surface area contributed by atoms with Gasteiger partial charge in [-0.05, 0) is 31.2 Å². The molecule has 3 rings (SSSR count). The molecule has 1 heterocycles. The van der Waals surface area contributed by atoms with E-state index >= 15 is 0 Å². The van der Waals surface area contributed by atoms with Gasteiger partial charge in [0, 0.05) is 19.6 Å². The van der Waals surface area contributed by atoms with Gasteiger partial charge in [0.25, 0.3) is 5.56 Å². The molecule has 0 radical (unpaired) electrons. The molecule has 2 N–H and O–H groups in total. The number of hydrogen-bond donors (Lipinski definition) is 2. The Balaban J connectivity index is 1.70. The lowest BCUT2D eigenvalue weighted by atomic mass is 10.2. The van der Waals surface area contributed by atoms with Crippen LogP contribution in [-0.4, -0.2) is 28.1 Å². The van der Waals surface area contributed by atoms with Crippen molar-refractivity contribution in [2.45, 2.75) is 20.0 Å². The summed E-state index contributed by atoms with van der Waals surface area (Å²) in [6, 6.07) is 12.7. The fourth-order valence-electron chi connectivity index (χ4n) is 3.19. The van der Waals surface area contributed by atoms with Gasteiger partial charge < -0.3 is 10.6 Å². The fraction of sp³-hybridized carbons (Fsp3) is 0.238. The zero-order valence-electron chi connectivity index (χ0n) is 16.3. The Hall–Kier alpha value is -3.93. The Morgan fingerprint density at radius 2 is 1.87 bits per heavy atom. The second kappa shape index (κ2) is 9.05. The van der Waals surface area contributed by atoms with Crippen LogP contribution in [0, 0.1) is 17.1 Å². The van der Waals surface area contributed by atoms with Crippen molar-refractivity contribution in [2.75, 3.05) is 18.4 Å². The van der Waals surface area contributed by atoms with E-state index in [1.807, 2.05) is 0 Å². The van der Waals surface area contributed by atoms with E-state index < -0.39 is 17.4 Å². The van der Waals surface area contributed by atoms with E-state index in [4.69, 9.17) is 5.26 Å². The number of amides is 1. The van der Waals surface area contributed by atoms with Crippen LogP contribution in [0.1, 0.15) is 12.5 Å². The summed E-state index contributed by atoms with van der Waals surface area (Å²) in [5.74, 6) is -1.03. The third-order valence-electron chi connectivity index (χ3n) is 4.64. The molecule has 3 aromatic rings. The van der Waals surface area contributed by atoms with Gasteiger partial charge in [0.2, 0.25) is 5.91 Å². The minimum absolute atomic E-state index is 0.0938. The maximum atomic E-state index is 13.6. The minimum atomic E-state index is -0.621. The van der Waals surface area contributed by atoms with Crippen molar-refractivity contribution in [3.63, 3.8) is 0 Å². The van der Waals surface area contributed by atoms with Gasteiger partial charge in [0.05, 0.1) is 16.6 Å². The number of halogens is 1. The Labute approximate surface area is 171 Å². The van der Waals surface area contributed by atoms with Crippen LogP contribution >= 0.6 is 0 Å². The van der Waals surface area contributed by atoms with Crippen molar-refractivity contribution < 1.29 is 9.18 Å². The third kappa shape index (κ3) is 4.07. The molecule has 0 atom stereocenters. The largest absolute Gasteiger partial charge is 0.382 e. The first kappa shape index (κ1) is 20.8. The molecule has 2 aromatic carbocycles. The number of fused-ring (bicyclic) bond motifs is 1. The first-order valence-corrected chi connectivity index (χ1v) is 9.39. The molecular weight excluding hydrogens is 389 g/mol. The molecule has 0 saturated carbocycles. The number of carbonyl (C=O) groups is 1. The number of carbonyl (C=O) groups excluding carboxylic acids is 1. The number of hydrogen-bond acceptors (Lipinski definition) is 5. The van der Waals surface area contributed by atoms with Gasteiger partial charge in [0.1, 0.15) is 24.0 Å². The fourth-order valence-corrected chi connectivity index (χ4v) is 3.19. The highest BCUT2D eigenvalue weighted by atomic mass is 19.1. The molecule has 0 fully saturated rings. The van der Waals surface area contributed by atoms with Crippen LogP contribution in [-0.2, 0) is 17.9 Å². The molecule has 154 valence electrons. The third-order valence-corrected chi connectivity index (χ3v) is 4.64. The molecule has 0 saturated heterocycles. The van der Waals surface area contributed by atoms with Crippen molar-refractivity contribution in [3.8, 4) is 6.07 Å². The SMILES string of the molecule is CCn1c(=O)c2ccccc2n(CC(=O)NCCNc2cccc(F)c2C#N)c1=O. The Morgan fingerprint density at radius 3 is 2.60 bits per heavy atom. The Bertz CT molecular complexity index is 1260. The maximum absolute atomic E-state index is 13.6. The molecule has 0 aliphatic rings. The number of benzene rings is 2. The van der Waals surface area contributed by atoms with Crippen LogP contribution in [0.2, 0.25) is 0 Å². The first-order valence-electron chi connectivity index (χ1n) is 9.39. The highest BCUT2D eigenvalue weighted by molar-refractivity contribution is 5.81. The van der Waals surface area contributed by atoms with E-state index in [9.17, 15) is 18.8 Å². The average Bonchev–Trinajstić information content (AvgIpc) is 2.74. The van der Waals surface area contributed by atoms with Crippen molar-refractivity contribution in [3.05, 3.63) is 74.7 Å². The number of nitrogens with zero attached hydrogens (tertiary/aromatic N) is 3. The van der Waals surface area contributed by atoms with Gasteiger partial charge in [-0.25, -0.2) is 9.18 Å². The van der Waals surface area contributed by atoms with Gasteiger partial charge in [-0.3, -0.25) is 18.7 Å². The Morgan fingerprint density at radius 1 is 1.10 bits per heavy atom. The van der Waals surface area contributed by atoms with Crippen molar-refractivity contribution in [1.82, 2.24) is 14.5 Å². The van der Waals surface area contributed by atoms with E-state index in [1.54, 1.807) is 43.3 Å². The van der Waals surface area contributed by atoms with Crippen molar-refractivity contribution >= 4 is 22.5 Å². The van der Waals surface area contributed by atoms with E-state index in [0.717, 1.165) is 4.57 Å². The van der Waals surface area contributed by atoms with E-state index in [-0.39, 0.29) is 37.3 Å². The molecule has 0 spiro atoms. The topological polar surface area (TPSA) is 109 Å². The van der Waals surface area contributed by atoms with Crippen LogP contribution in [0.25, 0.3) is 10.9 Å². The number of nitriles is 1. The summed E-state index contributed by atoms with van der Waals surface area (Å²) in [6.07, 6.45) is 0. The summed E-state index contributed by atoms with van der Waals surface area (Å²) in [7, 11) is 0. The maximum Gasteiger partial charge on any atom is 0.331 e. The number of para-hydroxylation sites is 1. The van der Waals surface area contributed by atoms with Crippen LogP contribution in [0.3, 0.4) is 0 Å². The molecule has 1 amide bonds. The van der Waals surface area contributed by atoms with Crippen LogP contribution in [0.5, 0.6) is 0 Å². The zero-order chi connectivity index (χ0) is 21.7. The number of anilines is 1. The Kier molecular flexibility index (Phi) is 6.27. The number of rotatable bonds is 7. The predicted molar refractivity (Wildman–Crippen MR) is 111 cm³/mol. The first-order chi connectivity index (χ1) is 14.5. The molecule has 30 heavy (non-hydrogen) atoms. The summed E-state index contributed by atoms with van der Waals surface area (Å²) in [4.78, 5) is 37.5. The predicted octanol–water partition coefficient (Wildman–Crippen LogP) is 1.42.